The standard InChI is InChI=1S/C26H30N2O6/c1-26(2,3)22(23(30)28-13-15(29)12-21(28)24(31)32)27-25(33)34-14-20-18-10-6-4-8-16(18)17-9-5-7-11-19(17)20/h4-11,15,20-22,29H,12-14H2,1-3H3,(H,27,33)(H,31,32)/t15?,21-,22?/m0/s1. The summed E-state index contributed by atoms with van der Waals surface area (Å²) in [6.07, 6.45) is -1.70. The molecular formula is C26H30N2O6. The van der Waals surface area contributed by atoms with E-state index in [1.807, 2.05) is 48.5 Å². The molecule has 8 heteroatoms. The van der Waals surface area contributed by atoms with Gasteiger partial charge in [-0.25, -0.2) is 9.59 Å². The summed E-state index contributed by atoms with van der Waals surface area (Å²) in [5.41, 5.74) is 3.68. The second-order valence-electron chi connectivity index (χ2n) is 10.0. The number of benzene rings is 2. The molecule has 8 nitrogen and oxygen atoms in total. The number of hydrogen-bond acceptors (Lipinski definition) is 5. The van der Waals surface area contributed by atoms with Gasteiger partial charge in [0.2, 0.25) is 5.91 Å². The smallest absolute Gasteiger partial charge is 0.407 e. The van der Waals surface area contributed by atoms with E-state index in [0.717, 1.165) is 27.2 Å². The molecule has 1 heterocycles. The minimum absolute atomic E-state index is 0.0388. The molecule has 1 aliphatic carbocycles. The van der Waals surface area contributed by atoms with Crippen molar-refractivity contribution in [1.82, 2.24) is 10.2 Å². The Morgan fingerprint density at radius 2 is 1.62 bits per heavy atom. The van der Waals surface area contributed by atoms with E-state index < -0.39 is 41.6 Å². The van der Waals surface area contributed by atoms with E-state index in [9.17, 15) is 24.6 Å². The number of hydrogen-bond donors (Lipinski definition) is 3. The quantitative estimate of drug-likeness (QED) is 0.624. The second kappa shape index (κ2) is 9.10. The van der Waals surface area contributed by atoms with E-state index in [4.69, 9.17) is 4.74 Å². The van der Waals surface area contributed by atoms with Gasteiger partial charge in [-0.2, -0.15) is 0 Å². The number of aliphatic hydroxyl groups excluding tert-OH is 1. The van der Waals surface area contributed by atoms with Crippen LogP contribution in [0.5, 0.6) is 0 Å². The Morgan fingerprint density at radius 1 is 1.06 bits per heavy atom. The number of carbonyl (C=O) groups excluding carboxylic acids is 2. The van der Waals surface area contributed by atoms with Crippen molar-refractivity contribution in [3.8, 4) is 11.1 Å². The van der Waals surface area contributed by atoms with Gasteiger partial charge in [-0.1, -0.05) is 69.3 Å². The van der Waals surface area contributed by atoms with E-state index in [1.54, 1.807) is 20.8 Å². The van der Waals surface area contributed by atoms with Crippen molar-refractivity contribution < 1.29 is 29.3 Å². The molecule has 0 aromatic heterocycles. The summed E-state index contributed by atoms with van der Waals surface area (Å²) < 4.78 is 5.59. The third-order valence-electron chi connectivity index (χ3n) is 6.57. The van der Waals surface area contributed by atoms with Crippen LogP contribution < -0.4 is 5.32 Å². The second-order valence-corrected chi connectivity index (χ2v) is 10.0. The Bertz CT molecular complexity index is 1060. The number of alkyl carbamates (subject to hydrolysis) is 1. The lowest BCUT2D eigenvalue weighted by atomic mass is 9.85. The molecule has 1 saturated heterocycles. The average Bonchev–Trinajstić information content (AvgIpc) is 3.33. The highest BCUT2D eigenvalue weighted by molar-refractivity contribution is 5.90. The van der Waals surface area contributed by atoms with Crippen LogP contribution >= 0.6 is 0 Å². The largest absolute Gasteiger partial charge is 0.480 e. The molecule has 2 amide bonds. The van der Waals surface area contributed by atoms with Crippen LogP contribution in [0.1, 0.15) is 44.2 Å². The van der Waals surface area contributed by atoms with E-state index in [2.05, 4.69) is 5.32 Å². The van der Waals surface area contributed by atoms with Gasteiger partial charge < -0.3 is 25.2 Å². The lowest BCUT2D eigenvalue weighted by molar-refractivity contribution is -0.150. The van der Waals surface area contributed by atoms with Gasteiger partial charge in [0.1, 0.15) is 18.7 Å². The number of β-amino-alcohol motifs (C(OH)–C–C–N with tert-alkyl or cyclic N) is 1. The van der Waals surface area contributed by atoms with Crippen molar-refractivity contribution in [2.75, 3.05) is 13.2 Å². The average molecular weight is 467 g/mol. The Morgan fingerprint density at radius 3 is 2.15 bits per heavy atom. The fourth-order valence-corrected chi connectivity index (χ4v) is 4.86. The van der Waals surface area contributed by atoms with E-state index in [1.165, 1.54) is 0 Å². The first-order chi connectivity index (χ1) is 16.1. The van der Waals surface area contributed by atoms with E-state index in [0.29, 0.717) is 0 Å². The number of ether oxygens (including phenoxy) is 1. The maximum absolute atomic E-state index is 13.3. The lowest BCUT2D eigenvalue weighted by Crippen LogP contribution is -2.57. The molecule has 0 saturated carbocycles. The highest BCUT2D eigenvalue weighted by Crippen LogP contribution is 2.44. The Labute approximate surface area is 198 Å². The monoisotopic (exact) mass is 466 g/mol. The van der Waals surface area contributed by atoms with Gasteiger partial charge in [-0.05, 0) is 27.7 Å². The number of carboxylic acids is 1. The minimum atomic E-state index is -1.18. The van der Waals surface area contributed by atoms with Gasteiger partial charge in [0.25, 0.3) is 0 Å². The van der Waals surface area contributed by atoms with Gasteiger partial charge in [-0.15, -0.1) is 0 Å². The van der Waals surface area contributed by atoms with Crippen molar-refractivity contribution in [2.45, 2.75) is 51.3 Å². The number of nitrogens with one attached hydrogen (secondary N) is 1. The van der Waals surface area contributed by atoms with Crippen LogP contribution in [0.2, 0.25) is 0 Å². The third kappa shape index (κ3) is 4.50. The predicted molar refractivity (Wildman–Crippen MR) is 125 cm³/mol. The van der Waals surface area contributed by atoms with Gasteiger partial charge in [0, 0.05) is 18.9 Å². The molecule has 0 spiro atoms. The van der Waals surface area contributed by atoms with E-state index in [-0.39, 0.29) is 25.5 Å². The molecule has 2 aliphatic rings. The van der Waals surface area contributed by atoms with Gasteiger partial charge >= 0.3 is 12.1 Å². The van der Waals surface area contributed by atoms with Crippen molar-refractivity contribution in [1.29, 1.82) is 0 Å². The summed E-state index contributed by atoms with van der Waals surface area (Å²) in [5.74, 6) is -1.85. The molecule has 0 radical (unpaired) electrons. The first kappa shape index (κ1) is 23.8. The SMILES string of the molecule is CC(C)(C)C(NC(=O)OCC1c2ccccc2-c2ccccc21)C(=O)N1CC(O)C[C@H]1C(=O)O. The molecule has 180 valence electrons. The van der Waals surface area contributed by atoms with Crippen LogP contribution in [0.25, 0.3) is 11.1 Å². The molecule has 4 rings (SSSR count). The number of likely N-dealkylation sites (tertiary alicyclic amines) is 1. The fraction of sp³-hybridized carbons (Fsp3) is 0.423. The van der Waals surface area contributed by atoms with Crippen molar-refractivity contribution in [3.05, 3.63) is 59.7 Å². The van der Waals surface area contributed by atoms with E-state index >= 15 is 0 Å². The first-order valence-electron chi connectivity index (χ1n) is 11.4. The van der Waals surface area contributed by atoms with Gasteiger partial charge in [0.15, 0.2) is 0 Å². The van der Waals surface area contributed by atoms with Crippen LogP contribution in [-0.2, 0) is 14.3 Å². The molecular weight excluding hydrogens is 436 g/mol. The zero-order valence-corrected chi connectivity index (χ0v) is 19.5. The number of aliphatic carboxylic acids is 1. The summed E-state index contributed by atoms with van der Waals surface area (Å²) in [5, 5.41) is 22.0. The molecule has 0 bridgehead atoms. The first-order valence-corrected chi connectivity index (χ1v) is 11.4. The molecule has 2 unspecified atom stereocenters. The zero-order valence-electron chi connectivity index (χ0n) is 19.5. The maximum atomic E-state index is 13.3. The lowest BCUT2D eigenvalue weighted by Gasteiger charge is -2.34. The fourth-order valence-electron chi connectivity index (χ4n) is 4.86. The van der Waals surface area contributed by atoms with Crippen molar-refractivity contribution in [2.24, 2.45) is 5.41 Å². The minimum Gasteiger partial charge on any atom is -0.480 e. The zero-order chi connectivity index (χ0) is 24.6. The number of fused-ring (bicyclic) bond motifs is 3. The number of nitrogens with zero attached hydrogens (tertiary/aromatic N) is 1. The predicted octanol–water partition coefficient (Wildman–Crippen LogP) is 2.99. The van der Waals surface area contributed by atoms with Gasteiger partial charge in [0.05, 0.1) is 6.10 Å². The highest BCUT2D eigenvalue weighted by atomic mass is 16.5. The number of rotatable bonds is 5. The topological polar surface area (TPSA) is 116 Å². The number of aliphatic hydroxyl groups is 1. The Hall–Kier alpha value is -3.39. The normalized spacial score (nSPS) is 20.4. The molecule has 3 N–H and O–H groups in total. The van der Waals surface area contributed by atoms with Crippen LogP contribution in [0.4, 0.5) is 4.79 Å². The molecule has 1 aliphatic heterocycles. The van der Waals surface area contributed by atoms with Gasteiger partial charge in [-0.3, -0.25) is 4.79 Å². The summed E-state index contributed by atoms with van der Waals surface area (Å²) in [7, 11) is 0. The molecule has 2 aromatic carbocycles. The molecule has 3 atom stereocenters. The van der Waals surface area contributed by atoms with Crippen molar-refractivity contribution >= 4 is 18.0 Å². The third-order valence-corrected chi connectivity index (χ3v) is 6.57. The number of carboxylic acid groups (broad SMARTS) is 1. The van der Waals surface area contributed by atoms with Crippen LogP contribution in [0.15, 0.2) is 48.5 Å². The van der Waals surface area contributed by atoms with Crippen molar-refractivity contribution in [3.63, 3.8) is 0 Å². The summed E-state index contributed by atoms with van der Waals surface area (Å²) >= 11 is 0. The van der Waals surface area contributed by atoms with Crippen LogP contribution in [0, 0.1) is 5.41 Å². The Balaban J connectivity index is 1.48. The molecule has 34 heavy (non-hydrogen) atoms. The maximum Gasteiger partial charge on any atom is 0.407 e. The molecule has 1 fully saturated rings. The summed E-state index contributed by atoms with van der Waals surface area (Å²) in [4.78, 5) is 38.8. The highest BCUT2D eigenvalue weighted by Gasteiger charge is 2.44. The Kier molecular flexibility index (Phi) is 6.36. The number of carbonyl (C=O) groups is 3. The summed E-state index contributed by atoms with van der Waals surface area (Å²) in [6.45, 7) is 5.35. The molecule has 2 aromatic rings. The summed E-state index contributed by atoms with van der Waals surface area (Å²) in [6, 6.07) is 13.9. The van der Waals surface area contributed by atoms with Crippen LogP contribution in [0.3, 0.4) is 0 Å². The van der Waals surface area contributed by atoms with Crippen LogP contribution in [-0.4, -0.2) is 64.4 Å². The number of amides is 2.